The summed E-state index contributed by atoms with van der Waals surface area (Å²) in [6.07, 6.45) is 10.0. The highest BCUT2D eigenvalue weighted by molar-refractivity contribution is 7.80. The van der Waals surface area contributed by atoms with Crippen LogP contribution in [-0.2, 0) is 6.54 Å². The summed E-state index contributed by atoms with van der Waals surface area (Å²) in [5.41, 5.74) is 0.110. The highest BCUT2D eigenvalue weighted by Gasteiger charge is 2.58. The molecule has 1 aromatic rings. The van der Waals surface area contributed by atoms with Crippen LogP contribution in [0.4, 0.5) is 0 Å². The fraction of sp³-hybridized carbons (Fsp3) is 0.682. The lowest BCUT2D eigenvalue weighted by molar-refractivity contribution is -0.184. The minimum atomic E-state index is -0.881. The largest absolute Gasteiger partial charge is 0.497 e. The van der Waals surface area contributed by atoms with Gasteiger partial charge in [-0.3, -0.25) is 0 Å². The zero-order valence-corrected chi connectivity index (χ0v) is 17.8. The zero-order valence-electron chi connectivity index (χ0n) is 17.0. The van der Waals surface area contributed by atoms with Crippen LogP contribution in [-0.4, -0.2) is 40.6 Å². The molecule has 6 heteroatoms. The third-order valence-corrected chi connectivity index (χ3v) is 7.40. The van der Waals surface area contributed by atoms with Gasteiger partial charge in [-0.2, -0.15) is 0 Å². The number of nitrogens with one attached hydrogen (secondary N) is 1. The molecule has 2 atom stereocenters. The average Bonchev–Trinajstić information content (AvgIpc) is 2.71. The Hall–Kier alpha value is -1.53. The topological polar surface area (TPSA) is 54.0 Å². The van der Waals surface area contributed by atoms with Gasteiger partial charge in [0.1, 0.15) is 17.2 Å². The van der Waals surface area contributed by atoms with Crippen molar-refractivity contribution in [1.29, 1.82) is 0 Å². The molecule has 1 heterocycles. The first-order valence-electron chi connectivity index (χ1n) is 10.5. The van der Waals surface area contributed by atoms with Gasteiger partial charge >= 0.3 is 0 Å². The van der Waals surface area contributed by atoms with Crippen LogP contribution < -0.4 is 14.8 Å². The van der Waals surface area contributed by atoms with Gasteiger partial charge in [0, 0.05) is 24.1 Å². The molecule has 154 valence electrons. The minimum absolute atomic E-state index is 0.0347. The summed E-state index contributed by atoms with van der Waals surface area (Å²) in [5.74, 6) is 1.72. The maximum absolute atomic E-state index is 12.0. The van der Waals surface area contributed by atoms with E-state index in [1.807, 2.05) is 23.1 Å². The lowest BCUT2D eigenvalue weighted by atomic mass is 9.62. The van der Waals surface area contributed by atoms with Crippen molar-refractivity contribution in [2.24, 2.45) is 5.92 Å². The first-order valence-corrected chi connectivity index (χ1v) is 11.0. The van der Waals surface area contributed by atoms with Crippen LogP contribution >= 0.6 is 12.2 Å². The molecule has 28 heavy (non-hydrogen) atoms. The van der Waals surface area contributed by atoms with Crippen molar-refractivity contribution in [2.75, 3.05) is 14.2 Å². The summed E-state index contributed by atoms with van der Waals surface area (Å²) in [6, 6.07) is 5.86. The summed E-state index contributed by atoms with van der Waals surface area (Å²) in [7, 11) is 3.31. The Morgan fingerprint density at radius 2 is 1.68 bits per heavy atom. The van der Waals surface area contributed by atoms with Gasteiger partial charge in [-0.25, -0.2) is 0 Å². The smallest absolute Gasteiger partial charge is 0.171 e. The average molecular weight is 405 g/mol. The van der Waals surface area contributed by atoms with Crippen molar-refractivity contribution < 1.29 is 14.6 Å². The van der Waals surface area contributed by atoms with Gasteiger partial charge in [0.25, 0.3) is 0 Å². The van der Waals surface area contributed by atoms with E-state index in [9.17, 15) is 5.11 Å². The standard InChI is InChI=1S/C22H32N2O3S/c1-26-17-12-16(13-18(14-17)27-2)15-24-20(28)23-21(9-5-3-6-10-21)19-8-4-7-11-22(19,24)25/h12-14,19,25H,3-11,15H2,1-2H3,(H,23,28)/t19-,22+/m0/s1. The second-order valence-electron chi connectivity index (χ2n) is 8.63. The van der Waals surface area contributed by atoms with Crippen molar-refractivity contribution in [3.05, 3.63) is 23.8 Å². The van der Waals surface area contributed by atoms with Crippen LogP contribution in [0.25, 0.3) is 0 Å². The molecule has 4 rings (SSSR count). The molecular weight excluding hydrogens is 372 g/mol. The van der Waals surface area contributed by atoms with Crippen molar-refractivity contribution in [2.45, 2.75) is 75.6 Å². The summed E-state index contributed by atoms with van der Waals surface area (Å²) in [4.78, 5) is 2.03. The highest BCUT2D eigenvalue weighted by atomic mass is 32.1. The van der Waals surface area contributed by atoms with Gasteiger partial charge in [-0.05, 0) is 62.0 Å². The molecule has 2 aliphatic carbocycles. The van der Waals surface area contributed by atoms with Gasteiger partial charge in [-0.1, -0.05) is 25.7 Å². The monoisotopic (exact) mass is 404 g/mol. The molecule has 0 bridgehead atoms. The molecule has 0 aromatic heterocycles. The van der Waals surface area contributed by atoms with Crippen LogP contribution in [0.5, 0.6) is 11.5 Å². The lowest BCUT2D eigenvalue weighted by Crippen LogP contribution is -2.75. The predicted octanol–water partition coefficient (Wildman–Crippen LogP) is 3.98. The quantitative estimate of drug-likeness (QED) is 0.741. The second kappa shape index (κ2) is 7.71. The number of fused-ring (bicyclic) bond motifs is 2. The van der Waals surface area contributed by atoms with E-state index in [4.69, 9.17) is 21.7 Å². The molecule has 1 saturated heterocycles. The Morgan fingerprint density at radius 3 is 2.32 bits per heavy atom. The second-order valence-corrected chi connectivity index (χ2v) is 9.02. The number of ether oxygens (including phenoxy) is 2. The Kier molecular flexibility index (Phi) is 5.45. The van der Waals surface area contributed by atoms with Crippen molar-refractivity contribution >= 4 is 17.3 Å². The van der Waals surface area contributed by atoms with E-state index >= 15 is 0 Å². The summed E-state index contributed by atoms with van der Waals surface area (Å²) in [5, 5.41) is 16.4. The summed E-state index contributed by atoms with van der Waals surface area (Å²) >= 11 is 5.83. The van der Waals surface area contributed by atoms with E-state index in [0.717, 1.165) is 49.2 Å². The molecule has 2 N–H and O–H groups in total. The molecule has 3 fully saturated rings. The SMILES string of the molecule is COc1cc(CN2C(=S)NC3(CCCCC3)[C@@H]3CCCC[C@@]32O)cc(OC)c1. The molecule has 1 aliphatic heterocycles. The van der Waals surface area contributed by atoms with E-state index in [1.54, 1.807) is 14.2 Å². The fourth-order valence-electron chi connectivity index (χ4n) is 5.73. The molecule has 0 unspecified atom stereocenters. The maximum atomic E-state index is 12.0. The number of nitrogens with zero attached hydrogens (tertiary/aromatic N) is 1. The fourth-order valence-corrected chi connectivity index (χ4v) is 6.16. The Balaban J connectivity index is 1.67. The van der Waals surface area contributed by atoms with E-state index in [-0.39, 0.29) is 11.5 Å². The number of thiocarbonyl (C=S) groups is 1. The van der Waals surface area contributed by atoms with Crippen LogP contribution in [0, 0.1) is 5.92 Å². The molecule has 1 aromatic carbocycles. The third-order valence-electron chi connectivity index (χ3n) is 7.08. The first kappa shape index (κ1) is 19.8. The number of aliphatic hydroxyl groups is 1. The lowest BCUT2D eigenvalue weighted by Gasteiger charge is -2.61. The molecule has 3 aliphatic rings. The van der Waals surface area contributed by atoms with E-state index in [2.05, 4.69) is 5.32 Å². The van der Waals surface area contributed by atoms with Crippen LogP contribution in [0.1, 0.15) is 63.4 Å². The van der Waals surface area contributed by atoms with Gasteiger partial charge in [0.15, 0.2) is 5.11 Å². The molecule has 2 saturated carbocycles. The van der Waals surface area contributed by atoms with Crippen molar-refractivity contribution in [3.63, 3.8) is 0 Å². The third kappa shape index (κ3) is 3.35. The molecular formula is C22H32N2O3S. The first-order chi connectivity index (χ1) is 13.5. The van der Waals surface area contributed by atoms with E-state index in [0.29, 0.717) is 11.7 Å². The van der Waals surface area contributed by atoms with Crippen molar-refractivity contribution in [3.8, 4) is 11.5 Å². The summed E-state index contributed by atoms with van der Waals surface area (Å²) < 4.78 is 10.9. The zero-order chi connectivity index (χ0) is 19.8. The molecule has 0 amide bonds. The van der Waals surface area contributed by atoms with Crippen LogP contribution in [0.2, 0.25) is 0 Å². The van der Waals surface area contributed by atoms with E-state index in [1.165, 1.54) is 25.7 Å². The van der Waals surface area contributed by atoms with Crippen LogP contribution in [0.3, 0.4) is 0 Å². The predicted molar refractivity (Wildman–Crippen MR) is 114 cm³/mol. The van der Waals surface area contributed by atoms with Crippen LogP contribution in [0.15, 0.2) is 18.2 Å². The number of benzene rings is 1. The van der Waals surface area contributed by atoms with Gasteiger partial charge < -0.3 is 24.8 Å². The number of rotatable bonds is 4. The van der Waals surface area contributed by atoms with Gasteiger partial charge in [0.05, 0.1) is 14.2 Å². The number of hydrogen-bond acceptors (Lipinski definition) is 4. The Morgan fingerprint density at radius 1 is 1.04 bits per heavy atom. The van der Waals surface area contributed by atoms with Gasteiger partial charge in [0.2, 0.25) is 0 Å². The molecule has 1 spiro atoms. The Bertz CT molecular complexity index is 712. The highest BCUT2D eigenvalue weighted by Crippen LogP contribution is 2.50. The minimum Gasteiger partial charge on any atom is -0.497 e. The van der Waals surface area contributed by atoms with E-state index < -0.39 is 5.72 Å². The normalized spacial score (nSPS) is 29.2. The molecule has 0 radical (unpaired) electrons. The maximum Gasteiger partial charge on any atom is 0.171 e. The van der Waals surface area contributed by atoms with Gasteiger partial charge in [-0.15, -0.1) is 0 Å². The number of methoxy groups -OCH3 is 2. The van der Waals surface area contributed by atoms with Crippen molar-refractivity contribution in [1.82, 2.24) is 10.2 Å². The summed E-state index contributed by atoms with van der Waals surface area (Å²) in [6.45, 7) is 0.544. The Labute approximate surface area is 173 Å². The molecule has 5 nitrogen and oxygen atoms in total. The number of hydrogen-bond donors (Lipinski definition) is 2.